The topological polar surface area (TPSA) is 124 Å². The van der Waals surface area contributed by atoms with E-state index in [0.717, 1.165) is 80.7 Å². The van der Waals surface area contributed by atoms with Crippen molar-refractivity contribution in [3.8, 4) is 11.5 Å². The Morgan fingerprint density at radius 1 is 0.889 bits per heavy atom. The van der Waals surface area contributed by atoms with Crippen LogP contribution in [0.15, 0.2) is 85.1 Å². The van der Waals surface area contributed by atoms with E-state index in [1.54, 1.807) is 30.5 Å². The number of carbonyl (C=O) groups is 3. The van der Waals surface area contributed by atoms with E-state index < -0.39 is 17.9 Å². The van der Waals surface area contributed by atoms with Gasteiger partial charge in [-0.25, -0.2) is 4.39 Å². The first-order valence-electron chi connectivity index (χ1n) is 19.2. The molecule has 10 nitrogen and oxygen atoms in total. The van der Waals surface area contributed by atoms with E-state index in [9.17, 15) is 19.5 Å². The van der Waals surface area contributed by atoms with Crippen LogP contribution in [0.2, 0.25) is 0 Å². The number of aromatic nitrogens is 1. The summed E-state index contributed by atoms with van der Waals surface area (Å²) in [7, 11) is 0. The van der Waals surface area contributed by atoms with Crippen LogP contribution < -0.4 is 20.3 Å². The summed E-state index contributed by atoms with van der Waals surface area (Å²) in [6.07, 6.45) is 6.33. The lowest BCUT2D eigenvalue weighted by Gasteiger charge is -2.39. The maximum atomic E-state index is 16.0. The molecule has 1 aromatic heterocycles. The second-order valence-electron chi connectivity index (χ2n) is 15.2. The average Bonchev–Trinajstić information content (AvgIpc) is 3.19. The molecule has 280 valence electrons. The van der Waals surface area contributed by atoms with Crippen molar-refractivity contribution in [3.63, 3.8) is 0 Å². The molecule has 1 unspecified atom stereocenters. The van der Waals surface area contributed by atoms with Crippen molar-refractivity contribution < 1.29 is 28.6 Å². The minimum absolute atomic E-state index is 0.0123. The number of halogens is 1. The monoisotopic (exact) mass is 731 g/mol. The van der Waals surface area contributed by atoms with Gasteiger partial charge in [-0.2, -0.15) is 0 Å². The number of ether oxygens (including phenoxy) is 1. The lowest BCUT2D eigenvalue weighted by Crippen LogP contribution is -2.52. The molecule has 0 saturated carbocycles. The zero-order valence-corrected chi connectivity index (χ0v) is 30.3. The Morgan fingerprint density at radius 3 is 2.39 bits per heavy atom. The predicted octanol–water partition coefficient (Wildman–Crippen LogP) is 5.87. The first-order chi connectivity index (χ1) is 26.3. The van der Waals surface area contributed by atoms with E-state index in [2.05, 4.69) is 43.6 Å². The van der Waals surface area contributed by atoms with E-state index in [4.69, 9.17) is 4.74 Å². The number of phenolic OH excluding ortho intramolecular Hbond substituents is 1. The highest BCUT2D eigenvalue weighted by Gasteiger charge is 2.35. The van der Waals surface area contributed by atoms with Gasteiger partial charge in [-0.1, -0.05) is 48.5 Å². The molecule has 0 radical (unpaired) electrons. The van der Waals surface area contributed by atoms with Crippen molar-refractivity contribution in [1.29, 1.82) is 0 Å². The summed E-state index contributed by atoms with van der Waals surface area (Å²) in [6.45, 7) is 5.12. The molecule has 4 aliphatic rings. The van der Waals surface area contributed by atoms with E-state index in [-0.39, 0.29) is 47.8 Å². The number of amides is 3. The molecule has 0 aliphatic carbocycles. The van der Waals surface area contributed by atoms with Crippen LogP contribution in [0.3, 0.4) is 0 Å². The number of hydrogen-bond donors (Lipinski definition) is 3. The third-order valence-corrected chi connectivity index (χ3v) is 11.8. The molecule has 3 atom stereocenters. The maximum absolute atomic E-state index is 16.0. The van der Waals surface area contributed by atoms with Crippen molar-refractivity contribution in [2.24, 2.45) is 5.92 Å². The molecular formula is C43H46FN5O5. The Kier molecular flexibility index (Phi) is 10.3. The van der Waals surface area contributed by atoms with Crippen LogP contribution in [-0.4, -0.2) is 78.1 Å². The second-order valence-corrected chi connectivity index (χ2v) is 15.2. The van der Waals surface area contributed by atoms with E-state index in [1.165, 1.54) is 0 Å². The van der Waals surface area contributed by atoms with Crippen LogP contribution in [0.25, 0.3) is 0 Å². The number of imide groups is 1. The highest BCUT2D eigenvalue weighted by Crippen LogP contribution is 2.47. The number of pyridine rings is 1. The normalized spacial score (nSPS) is 22.6. The summed E-state index contributed by atoms with van der Waals surface area (Å²) in [6, 6.07) is 24.1. The summed E-state index contributed by atoms with van der Waals surface area (Å²) in [5.41, 5.74) is 5.02. The number of piperidine rings is 3. The molecule has 3 amide bonds. The Bertz CT molecular complexity index is 1990. The van der Waals surface area contributed by atoms with Crippen molar-refractivity contribution in [2.45, 2.75) is 62.3 Å². The number of fused-ring (bicyclic) bond motifs is 1. The first-order valence-corrected chi connectivity index (χ1v) is 19.2. The van der Waals surface area contributed by atoms with Crippen LogP contribution in [0.4, 0.5) is 10.1 Å². The molecular weight excluding hydrogens is 686 g/mol. The number of carbonyl (C=O) groups excluding carboxylic acids is 3. The smallest absolute Gasteiger partial charge is 0.270 e. The van der Waals surface area contributed by atoms with Crippen LogP contribution in [0.5, 0.6) is 11.5 Å². The molecule has 4 aromatic rings. The highest BCUT2D eigenvalue weighted by molar-refractivity contribution is 6.03. The number of hydrogen-bond acceptors (Lipinski definition) is 8. The second kappa shape index (κ2) is 15.6. The van der Waals surface area contributed by atoms with Crippen molar-refractivity contribution >= 4 is 23.4 Å². The van der Waals surface area contributed by atoms with Crippen molar-refractivity contribution in [2.75, 3.05) is 44.2 Å². The third-order valence-electron chi connectivity index (χ3n) is 11.8. The van der Waals surface area contributed by atoms with Gasteiger partial charge >= 0.3 is 0 Å². The molecule has 5 heterocycles. The largest absolute Gasteiger partial charge is 0.508 e. The number of nitrogens with zero attached hydrogens (tertiary/aromatic N) is 3. The van der Waals surface area contributed by atoms with E-state index in [0.29, 0.717) is 29.9 Å². The molecule has 3 saturated heterocycles. The number of aromatic hydroxyl groups is 1. The van der Waals surface area contributed by atoms with Gasteiger partial charge in [0.15, 0.2) is 0 Å². The van der Waals surface area contributed by atoms with Gasteiger partial charge in [0.25, 0.3) is 5.91 Å². The highest BCUT2D eigenvalue weighted by atomic mass is 19.1. The van der Waals surface area contributed by atoms with Gasteiger partial charge < -0.3 is 25.0 Å². The predicted molar refractivity (Wildman–Crippen MR) is 202 cm³/mol. The fraction of sp³-hybridized carbons (Fsp3) is 0.395. The Morgan fingerprint density at radius 2 is 1.67 bits per heavy atom. The molecule has 3 N–H and O–H groups in total. The molecule has 11 heteroatoms. The molecule has 3 fully saturated rings. The number of anilines is 1. The SMILES string of the molecule is O=C1CCC(NC(=O)c2ccc(C3CCN(CC4CCN(c5ccc([C@H]6c7ccc(O)cc7OC[C@H]6c6ccccc6)cc5F)CC4)CC3)cn2)C(=O)N1. The molecule has 3 aromatic carbocycles. The summed E-state index contributed by atoms with van der Waals surface area (Å²) >= 11 is 0. The number of benzene rings is 3. The number of nitrogens with one attached hydrogen (secondary N) is 2. The lowest BCUT2D eigenvalue weighted by atomic mass is 9.76. The molecule has 0 bridgehead atoms. The Labute approximate surface area is 314 Å². The first kappa shape index (κ1) is 35.7. The fourth-order valence-electron chi connectivity index (χ4n) is 8.79. The third kappa shape index (κ3) is 7.68. The average molecular weight is 732 g/mol. The number of phenols is 1. The zero-order chi connectivity index (χ0) is 37.2. The minimum atomic E-state index is -0.727. The van der Waals surface area contributed by atoms with E-state index in [1.807, 2.05) is 36.4 Å². The zero-order valence-electron chi connectivity index (χ0n) is 30.3. The molecule has 4 aliphatic heterocycles. The van der Waals surface area contributed by atoms with Gasteiger partial charge in [0.1, 0.15) is 29.1 Å². The lowest BCUT2D eigenvalue weighted by molar-refractivity contribution is -0.134. The van der Waals surface area contributed by atoms with Crippen LogP contribution in [0, 0.1) is 11.7 Å². The van der Waals surface area contributed by atoms with Gasteiger partial charge in [-0.3, -0.25) is 24.7 Å². The molecule has 0 spiro atoms. The fourth-order valence-corrected chi connectivity index (χ4v) is 8.79. The maximum Gasteiger partial charge on any atom is 0.270 e. The summed E-state index contributed by atoms with van der Waals surface area (Å²) in [5, 5.41) is 15.1. The van der Waals surface area contributed by atoms with Crippen LogP contribution in [-0.2, 0) is 9.59 Å². The van der Waals surface area contributed by atoms with Gasteiger partial charge in [-0.15, -0.1) is 0 Å². The van der Waals surface area contributed by atoms with Crippen LogP contribution >= 0.6 is 0 Å². The van der Waals surface area contributed by atoms with Gasteiger partial charge in [0, 0.05) is 55.7 Å². The van der Waals surface area contributed by atoms with Crippen molar-refractivity contribution in [3.05, 3.63) is 119 Å². The standard InChI is InChI=1S/C43H46FN5O5/c44-35-22-30(41-33-9-8-32(50)23-39(33)54-26-34(41)29-4-2-1-3-5-29)7-12-38(35)49-20-14-27(15-21-49)25-48-18-16-28(17-19-48)31-6-10-36(45-24-31)42(52)46-37-11-13-40(51)47-43(37)53/h1-10,12,22-24,27-28,34,37,41,50H,11,13-21,25-26H2,(H,46,52)(H,47,51,53)/t34-,37?,41-/m0/s1. The summed E-state index contributed by atoms with van der Waals surface area (Å²) < 4.78 is 22.1. The Balaban J connectivity index is 0.834. The summed E-state index contributed by atoms with van der Waals surface area (Å²) in [5.74, 6) is 0.212. The number of likely N-dealkylation sites (tertiary alicyclic amines) is 1. The van der Waals surface area contributed by atoms with Gasteiger partial charge in [0.2, 0.25) is 11.8 Å². The van der Waals surface area contributed by atoms with Gasteiger partial charge in [0.05, 0.1) is 12.3 Å². The summed E-state index contributed by atoms with van der Waals surface area (Å²) in [4.78, 5) is 45.2. The molecule has 8 rings (SSSR count). The van der Waals surface area contributed by atoms with Gasteiger partial charge in [-0.05, 0) is 98.0 Å². The van der Waals surface area contributed by atoms with E-state index >= 15 is 4.39 Å². The molecule has 54 heavy (non-hydrogen) atoms. The van der Waals surface area contributed by atoms with Crippen LogP contribution in [0.1, 0.15) is 89.0 Å². The van der Waals surface area contributed by atoms with Crippen molar-refractivity contribution in [1.82, 2.24) is 20.5 Å². The quantitative estimate of drug-likeness (QED) is 0.193. The minimum Gasteiger partial charge on any atom is -0.508 e. The number of rotatable bonds is 8. The Hall–Kier alpha value is -5.29.